The zero-order valence-electron chi connectivity index (χ0n) is 13.3. The summed E-state index contributed by atoms with van der Waals surface area (Å²) in [6, 6.07) is 11.5. The maximum Gasteiger partial charge on any atom is 0.240 e. The van der Waals surface area contributed by atoms with E-state index in [4.69, 9.17) is 14.1 Å². The molecule has 0 spiro atoms. The molecule has 1 aliphatic rings. The zero-order chi connectivity index (χ0) is 16.4. The van der Waals surface area contributed by atoms with Gasteiger partial charge in [-0.1, -0.05) is 12.1 Å². The number of imidazole rings is 1. The summed E-state index contributed by atoms with van der Waals surface area (Å²) < 4.78 is 13.0. The highest BCUT2D eigenvalue weighted by Gasteiger charge is 2.25. The molecule has 4 rings (SSSR count). The van der Waals surface area contributed by atoms with Gasteiger partial charge in [0.05, 0.1) is 23.8 Å². The second-order valence-corrected chi connectivity index (χ2v) is 5.90. The van der Waals surface area contributed by atoms with Gasteiger partial charge in [0.25, 0.3) is 0 Å². The Labute approximate surface area is 139 Å². The topological polar surface area (TPSA) is 69.3 Å². The molecule has 3 heterocycles. The number of benzene rings is 1. The zero-order valence-corrected chi connectivity index (χ0v) is 13.3. The molecule has 1 N–H and O–H groups in total. The number of hydrogen-bond donors (Lipinski definition) is 1. The lowest BCUT2D eigenvalue weighted by Crippen LogP contribution is -2.28. The molecule has 3 aromatic rings. The van der Waals surface area contributed by atoms with Crippen molar-refractivity contribution in [3.05, 3.63) is 54.2 Å². The molecule has 24 heavy (non-hydrogen) atoms. The van der Waals surface area contributed by atoms with E-state index < -0.39 is 0 Å². The molecule has 0 aliphatic carbocycles. The van der Waals surface area contributed by atoms with Crippen LogP contribution in [0.1, 0.15) is 30.5 Å². The van der Waals surface area contributed by atoms with Gasteiger partial charge in [0.15, 0.2) is 0 Å². The minimum atomic E-state index is -0.0752. The summed E-state index contributed by atoms with van der Waals surface area (Å²) in [4.78, 5) is 17.1. The number of nitrogens with zero attached hydrogens (tertiary/aromatic N) is 2. The van der Waals surface area contributed by atoms with E-state index in [-0.39, 0.29) is 18.6 Å². The number of nitrogens with one attached hydrogen (secondary N) is 1. The van der Waals surface area contributed by atoms with Gasteiger partial charge in [-0.05, 0) is 37.1 Å². The molecule has 1 saturated heterocycles. The Hall–Kier alpha value is -2.60. The highest BCUT2D eigenvalue weighted by molar-refractivity contribution is 5.81. The number of hydrogen-bond acceptors (Lipinski definition) is 4. The first-order valence-corrected chi connectivity index (χ1v) is 8.17. The van der Waals surface area contributed by atoms with Gasteiger partial charge < -0.3 is 19.0 Å². The fourth-order valence-corrected chi connectivity index (χ4v) is 3.09. The molecular formula is C18H19N3O3. The average molecular weight is 325 g/mol. The molecule has 0 bridgehead atoms. The summed E-state index contributed by atoms with van der Waals surface area (Å²) >= 11 is 0. The Morgan fingerprint density at radius 2 is 2.21 bits per heavy atom. The average Bonchev–Trinajstić information content (AvgIpc) is 3.34. The van der Waals surface area contributed by atoms with Gasteiger partial charge in [-0.15, -0.1) is 0 Å². The van der Waals surface area contributed by atoms with E-state index in [0.29, 0.717) is 6.54 Å². The van der Waals surface area contributed by atoms with E-state index in [1.54, 1.807) is 12.3 Å². The van der Waals surface area contributed by atoms with Gasteiger partial charge >= 0.3 is 0 Å². The third kappa shape index (κ3) is 2.92. The van der Waals surface area contributed by atoms with Crippen molar-refractivity contribution in [2.75, 3.05) is 6.61 Å². The van der Waals surface area contributed by atoms with Gasteiger partial charge in [-0.2, -0.15) is 0 Å². The van der Waals surface area contributed by atoms with Crippen molar-refractivity contribution in [1.29, 1.82) is 0 Å². The standard InChI is InChI=1S/C18H19N3O3/c22-17(19-11-13-5-3-9-23-13)12-21-15-7-2-1-6-14(15)20-18(21)16-8-4-10-24-16/h1-3,5-7,9,16H,4,8,10-12H2,(H,19,22)/t16-/m0/s1. The van der Waals surface area contributed by atoms with Crippen LogP contribution in [0.4, 0.5) is 0 Å². The Balaban J connectivity index is 1.57. The van der Waals surface area contributed by atoms with Crippen LogP contribution < -0.4 is 5.32 Å². The molecule has 0 saturated carbocycles. The predicted octanol–water partition coefficient (Wildman–Crippen LogP) is 2.80. The number of carbonyl (C=O) groups is 1. The molecule has 1 amide bonds. The van der Waals surface area contributed by atoms with Crippen molar-refractivity contribution in [2.45, 2.75) is 32.0 Å². The van der Waals surface area contributed by atoms with E-state index in [9.17, 15) is 4.79 Å². The molecule has 1 aliphatic heterocycles. The maximum absolute atomic E-state index is 12.4. The second-order valence-electron chi connectivity index (χ2n) is 5.90. The number of aromatic nitrogens is 2. The summed E-state index contributed by atoms with van der Waals surface area (Å²) in [5.41, 5.74) is 1.85. The maximum atomic E-state index is 12.4. The molecule has 1 aromatic carbocycles. The number of amides is 1. The third-order valence-electron chi connectivity index (χ3n) is 4.24. The van der Waals surface area contributed by atoms with Crippen LogP contribution in [0.3, 0.4) is 0 Å². The van der Waals surface area contributed by atoms with Gasteiger partial charge in [-0.25, -0.2) is 4.98 Å². The molecule has 124 valence electrons. The highest BCUT2D eigenvalue weighted by atomic mass is 16.5. The summed E-state index contributed by atoms with van der Waals surface area (Å²) in [5, 5.41) is 2.88. The second kappa shape index (κ2) is 6.49. The van der Waals surface area contributed by atoms with Crippen LogP contribution >= 0.6 is 0 Å². The third-order valence-corrected chi connectivity index (χ3v) is 4.24. The van der Waals surface area contributed by atoms with Gasteiger partial charge in [-0.3, -0.25) is 4.79 Å². The lowest BCUT2D eigenvalue weighted by atomic mass is 10.2. The highest BCUT2D eigenvalue weighted by Crippen LogP contribution is 2.30. The molecule has 1 fully saturated rings. The van der Waals surface area contributed by atoms with Gasteiger partial charge in [0, 0.05) is 6.61 Å². The van der Waals surface area contributed by atoms with Crippen LogP contribution in [0, 0.1) is 0 Å². The first-order valence-electron chi connectivity index (χ1n) is 8.17. The smallest absolute Gasteiger partial charge is 0.240 e. The van der Waals surface area contributed by atoms with Crippen molar-refractivity contribution >= 4 is 16.9 Å². The molecule has 0 unspecified atom stereocenters. The van der Waals surface area contributed by atoms with Crippen LogP contribution in [0.5, 0.6) is 0 Å². The van der Waals surface area contributed by atoms with Gasteiger partial charge in [0.2, 0.25) is 5.91 Å². The Kier molecular flexibility index (Phi) is 4.04. The Morgan fingerprint density at radius 3 is 3.00 bits per heavy atom. The number of furan rings is 1. The monoisotopic (exact) mass is 325 g/mol. The van der Waals surface area contributed by atoms with E-state index in [1.807, 2.05) is 34.9 Å². The van der Waals surface area contributed by atoms with Crippen molar-refractivity contribution in [1.82, 2.24) is 14.9 Å². The molecule has 6 heteroatoms. The molecule has 0 radical (unpaired) electrons. The summed E-state index contributed by atoms with van der Waals surface area (Å²) in [6.45, 7) is 1.35. The lowest BCUT2D eigenvalue weighted by molar-refractivity contribution is -0.121. The summed E-state index contributed by atoms with van der Waals surface area (Å²) in [6.07, 6.45) is 3.53. The normalized spacial score (nSPS) is 17.4. The largest absolute Gasteiger partial charge is 0.467 e. The number of fused-ring (bicyclic) bond motifs is 1. The van der Waals surface area contributed by atoms with Crippen LogP contribution in [0.2, 0.25) is 0 Å². The molecule has 1 atom stereocenters. The van der Waals surface area contributed by atoms with Crippen LogP contribution in [-0.2, 0) is 22.6 Å². The Morgan fingerprint density at radius 1 is 1.29 bits per heavy atom. The predicted molar refractivity (Wildman–Crippen MR) is 88.2 cm³/mol. The Bertz CT molecular complexity index is 832. The fourth-order valence-electron chi connectivity index (χ4n) is 3.09. The van der Waals surface area contributed by atoms with Crippen LogP contribution in [0.25, 0.3) is 11.0 Å². The van der Waals surface area contributed by atoms with E-state index in [0.717, 1.165) is 42.1 Å². The minimum Gasteiger partial charge on any atom is -0.467 e. The van der Waals surface area contributed by atoms with Crippen LogP contribution in [0.15, 0.2) is 47.1 Å². The van der Waals surface area contributed by atoms with E-state index in [1.165, 1.54) is 0 Å². The van der Waals surface area contributed by atoms with Crippen molar-refractivity contribution in [3.8, 4) is 0 Å². The number of para-hydroxylation sites is 2. The van der Waals surface area contributed by atoms with Crippen molar-refractivity contribution in [2.24, 2.45) is 0 Å². The first kappa shape index (κ1) is 15.0. The van der Waals surface area contributed by atoms with Crippen LogP contribution in [-0.4, -0.2) is 22.1 Å². The SMILES string of the molecule is O=C(Cn1c([C@@H]2CCCO2)nc2ccccc21)NCc1ccco1. The fraction of sp³-hybridized carbons (Fsp3) is 0.333. The molecule has 6 nitrogen and oxygen atoms in total. The van der Waals surface area contributed by atoms with E-state index in [2.05, 4.69) is 5.32 Å². The quantitative estimate of drug-likeness (QED) is 0.783. The number of carbonyl (C=O) groups excluding carboxylic acids is 1. The van der Waals surface area contributed by atoms with Crippen molar-refractivity contribution in [3.63, 3.8) is 0 Å². The summed E-state index contributed by atoms with van der Waals surface area (Å²) in [7, 11) is 0. The minimum absolute atomic E-state index is 0.0322. The first-order chi connectivity index (χ1) is 11.8. The number of ether oxygens (including phenoxy) is 1. The molecule has 2 aromatic heterocycles. The molecular weight excluding hydrogens is 306 g/mol. The van der Waals surface area contributed by atoms with Crippen molar-refractivity contribution < 1.29 is 13.9 Å². The van der Waals surface area contributed by atoms with Gasteiger partial charge in [0.1, 0.15) is 24.2 Å². The number of rotatable bonds is 5. The lowest BCUT2D eigenvalue weighted by Gasteiger charge is -2.13. The summed E-state index contributed by atoms with van der Waals surface area (Å²) in [5.74, 6) is 1.49. The van der Waals surface area contributed by atoms with E-state index >= 15 is 0 Å².